The molecule has 0 aliphatic carbocycles. The maximum atomic E-state index is 4.34. The third kappa shape index (κ3) is 6.08. The average molecular weight is 411 g/mol. The summed E-state index contributed by atoms with van der Waals surface area (Å²) >= 11 is 0. The maximum absolute atomic E-state index is 4.34. The number of piperidine rings is 1. The van der Waals surface area contributed by atoms with Crippen molar-refractivity contribution >= 4 is 5.69 Å². The van der Waals surface area contributed by atoms with Crippen LogP contribution < -0.4 is 5.32 Å². The molecule has 3 aromatic rings. The lowest BCUT2D eigenvalue weighted by Crippen LogP contribution is -2.34. The molecular weight excluding hydrogens is 376 g/mol. The molecule has 1 heterocycles. The first-order chi connectivity index (χ1) is 15.2. The Morgan fingerprint density at radius 3 is 2.06 bits per heavy atom. The molecular formula is C29H34N2. The molecule has 0 atom stereocenters. The van der Waals surface area contributed by atoms with Gasteiger partial charge in [0.05, 0.1) is 0 Å². The Bertz CT molecular complexity index is 967. The predicted molar refractivity (Wildman–Crippen MR) is 132 cm³/mol. The van der Waals surface area contributed by atoms with E-state index in [1.807, 2.05) is 0 Å². The van der Waals surface area contributed by atoms with Crippen molar-refractivity contribution in [1.82, 2.24) is 4.90 Å². The molecule has 3 aromatic carbocycles. The first-order valence-corrected chi connectivity index (χ1v) is 11.5. The molecule has 1 N–H and O–H groups in total. The number of aryl methyl sites for hydroxylation is 3. The number of rotatable bonds is 8. The van der Waals surface area contributed by atoms with Crippen LogP contribution >= 0.6 is 0 Å². The van der Waals surface area contributed by atoms with Crippen LogP contribution in [0.2, 0.25) is 0 Å². The fraction of sp³-hybridized carbons (Fsp3) is 0.310. The second kappa shape index (κ2) is 10.5. The molecule has 0 unspecified atom stereocenters. The van der Waals surface area contributed by atoms with Crippen molar-refractivity contribution in [3.8, 4) is 0 Å². The standard InChI is InChI=1S/C29H34N2/c1-23-8-6-7-11-29(23)30-24(2)28-18-20-31(21-19-28)22-27-16-14-26(15-17-27)13-12-25-9-4-3-5-10-25/h3-11,14-17,28,30H,2,12-13,18-22H2,1H3. The zero-order valence-corrected chi connectivity index (χ0v) is 18.7. The van der Waals surface area contributed by atoms with Gasteiger partial charge in [-0.2, -0.15) is 0 Å². The van der Waals surface area contributed by atoms with Gasteiger partial charge >= 0.3 is 0 Å². The summed E-state index contributed by atoms with van der Waals surface area (Å²) in [7, 11) is 0. The van der Waals surface area contributed by atoms with Gasteiger partial charge in [0.15, 0.2) is 0 Å². The number of hydrogen-bond donors (Lipinski definition) is 1. The zero-order chi connectivity index (χ0) is 21.5. The van der Waals surface area contributed by atoms with Crippen molar-refractivity contribution in [3.63, 3.8) is 0 Å². The molecule has 0 spiro atoms. The van der Waals surface area contributed by atoms with Gasteiger partial charge in [-0.05, 0) is 74.0 Å². The Morgan fingerprint density at radius 1 is 0.806 bits per heavy atom. The molecule has 1 aliphatic heterocycles. The van der Waals surface area contributed by atoms with E-state index >= 15 is 0 Å². The first-order valence-electron chi connectivity index (χ1n) is 11.5. The van der Waals surface area contributed by atoms with Crippen LogP contribution in [0.15, 0.2) is 91.1 Å². The monoisotopic (exact) mass is 410 g/mol. The van der Waals surface area contributed by atoms with E-state index in [2.05, 4.69) is 103 Å². The van der Waals surface area contributed by atoms with Gasteiger partial charge in [0.25, 0.3) is 0 Å². The molecule has 31 heavy (non-hydrogen) atoms. The summed E-state index contributed by atoms with van der Waals surface area (Å²) in [6.07, 6.45) is 4.56. The number of benzene rings is 3. The lowest BCUT2D eigenvalue weighted by molar-refractivity contribution is 0.192. The highest BCUT2D eigenvalue weighted by molar-refractivity contribution is 5.54. The van der Waals surface area contributed by atoms with E-state index in [9.17, 15) is 0 Å². The minimum Gasteiger partial charge on any atom is -0.359 e. The molecule has 2 nitrogen and oxygen atoms in total. The van der Waals surface area contributed by atoms with E-state index < -0.39 is 0 Å². The third-order valence-electron chi connectivity index (χ3n) is 6.49. The number of para-hydroxylation sites is 1. The SMILES string of the molecule is C=C(Nc1ccccc1C)C1CCN(Cc2ccc(CCc3ccccc3)cc2)CC1. The van der Waals surface area contributed by atoms with Crippen LogP contribution in [-0.4, -0.2) is 18.0 Å². The van der Waals surface area contributed by atoms with Gasteiger partial charge in [0.1, 0.15) is 0 Å². The van der Waals surface area contributed by atoms with Gasteiger partial charge in [-0.15, -0.1) is 0 Å². The summed E-state index contributed by atoms with van der Waals surface area (Å²) in [5.74, 6) is 0.552. The van der Waals surface area contributed by atoms with Gasteiger partial charge in [-0.25, -0.2) is 0 Å². The summed E-state index contributed by atoms with van der Waals surface area (Å²) in [6, 6.07) is 28.4. The van der Waals surface area contributed by atoms with Gasteiger partial charge in [0, 0.05) is 23.8 Å². The summed E-state index contributed by atoms with van der Waals surface area (Å²) in [4.78, 5) is 2.58. The number of nitrogens with zero attached hydrogens (tertiary/aromatic N) is 1. The number of anilines is 1. The summed E-state index contributed by atoms with van der Waals surface area (Å²) in [5, 5.41) is 3.56. The summed E-state index contributed by atoms with van der Waals surface area (Å²) in [6.45, 7) is 9.80. The van der Waals surface area contributed by atoms with Gasteiger partial charge in [-0.1, -0.05) is 79.4 Å². The van der Waals surface area contributed by atoms with Crippen molar-refractivity contribution in [1.29, 1.82) is 0 Å². The van der Waals surface area contributed by atoms with Crippen molar-refractivity contribution in [3.05, 3.63) is 113 Å². The van der Waals surface area contributed by atoms with Crippen LogP contribution in [0.5, 0.6) is 0 Å². The second-order valence-electron chi connectivity index (χ2n) is 8.82. The van der Waals surface area contributed by atoms with Crippen molar-refractivity contribution < 1.29 is 0 Å². The quantitative estimate of drug-likeness (QED) is 0.449. The summed E-state index contributed by atoms with van der Waals surface area (Å²) < 4.78 is 0. The Hall–Kier alpha value is -2.84. The largest absolute Gasteiger partial charge is 0.359 e. The van der Waals surface area contributed by atoms with Crippen LogP contribution in [0, 0.1) is 12.8 Å². The second-order valence-corrected chi connectivity index (χ2v) is 8.82. The molecule has 0 bridgehead atoms. The maximum Gasteiger partial charge on any atom is 0.0411 e. The van der Waals surface area contributed by atoms with E-state index in [4.69, 9.17) is 0 Å². The van der Waals surface area contributed by atoms with E-state index in [0.717, 1.165) is 38.2 Å². The third-order valence-corrected chi connectivity index (χ3v) is 6.49. The highest BCUT2D eigenvalue weighted by Gasteiger charge is 2.21. The van der Waals surface area contributed by atoms with Crippen LogP contribution in [0.3, 0.4) is 0 Å². The Morgan fingerprint density at radius 2 is 1.39 bits per heavy atom. The number of likely N-dealkylation sites (tertiary alicyclic amines) is 1. The molecule has 0 saturated carbocycles. The van der Waals surface area contributed by atoms with Crippen molar-refractivity contribution in [2.24, 2.45) is 5.92 Å². The van der Waals surface area contributed by atoms with Crippen LogP contribution in [0.1, 0.15) is 35.1 Å². The van der Waals surface area contributed by atoms with Crippen LogP contribution in [0.25, 0.3) is 0 Å². The Kier molecular flexibility index (Phi) is 7.22. The fourth-order valence-corrected chi connectivity index (χ4v) is 4.43. The van der Waals surface area contributed by atoms with Gasteiger partial charge in [-0.3, -0.25) is 4.90 Å². The number of hydrogen-bond acceptors (Lipinski definition) is 2. The van der Waals surface area contributed by atoms with Gasteiger partial charge in [0.2, 0.25) is 0 Å². The molecule has 0 aromatic heterocycles. The lowest BCUT2D eigenvalue weighted by Gasteiger charge is -2.33. The molecule has 2 heteroatoms. The molecule has 0 amide bonds. The van der Waals surface area contributed by atoms with E-state index in [1.54, 1.807) is 0 Å². The smallest absolute Gasteiger partial charge is 0.0411 e. The fourth-order valence-electron chi connectivity index (χ4n) is 4.43. The predicted octanol–water partition coefficient (Wildman–Crippen LogP) is 6.62. The molecule has 0 radical (unpaired) electrons. The minimum absolute atomic E-state index is 0.552. The molecule has 1 saturated heterocycles. The molecule has 1 fully saturated rings. The lowest BCUT2D eigenvalue weighted by atomic mass is 9.93. The Labute approximate surface area is 187 Å². The molecule has 4 rings (SSSR count). The first kappa shape index (κ1) is 21.4. The highest BCUT2D eigenvalue weighted by atomic mass is 15.1. The summed E-state index contributed by atoms with van der Waals surface area (Å²) in [5.41, 5.74) is 7.86. The average Bonchev–Trinajstić information content (AvgIpc) is 2.81. The van der Waals surface area contributed by atoms with Crippen LogP contribution in [-0.2, 0) is 19.4 Å². The number of allylic oxidation sites excluding steroid dienone is 1. The van der Waals surface area contributed by atoms with E-state index in [0.29, 0.717) is 5.92 Å². The highest BCUT2D eigenvalue weighted by Crippen LogP contribution is 2.27. The number of nitrogens with one attached hydrogen (secondary N) is 1. The van der Waals surface area contributed by atoms with Crippen LogP contribution in [0.4, 0.5) is 5.69 Å². The van der Waals surface area contributed by atoms with Crippen molar-refractivity contribution in [2.75, 3.05) is 18.4 Å². The topological polar surface area (TPSA) is 15.3 Å². The normalized spacial score (nSPS) is 15.0. The van der Waals surface area contributed by atoms with E-state index in [-0.39, 0.29) is 0 Å². The Balaban J connectivity index is 1.22. The van der Waals surface area contributed by atoms with E-state index in [1.165, 1.54) is 40.8 Å². The molecule has 160 valence electrons. The minimum atomic E-state index is 0.552. The van der Waals surface area contributed by atoms with Crippen molar-refractivity contribution in [2.45, 2.75) is 39.2 Å². The van der Waals surface area contributed by atoms with Gasteiger partial charge < -0.3 is 5.32 Å². The zero-order valence-electron chi connectivity index (χ0n) is 18.7. The molecule has 1 aliphatic rings.